The maximum atomic E-state index is 6.02. The molecule has 0 bridgehead atoms. The highest BCUT2D eigenvalue weighted by atomic mass is 15.2. The molecule has 4 nitrogen and oxygen atoms in total. The van der Waals surface area contributed by atoms with Gasteiger partial charge in [-0.3, -0.25) is 0 Å². The molecule has 1 saturated carbocycles. The summed E-state index contributed by atoms with van der Waals surface area (Å²) in [5, 5.41) is 0. The molecule has 17 heavy (non-hydrogen) atoms. The molecule has 92 valence electrons. The lowest BCUT2D eigenvalue weighted by Gasteiger charge is -2.29. The Kier molecular flexibility index (Phi) is 2.65. The number of nitrogens with two attached hydrogens (primary N) is 1. The van der Waals surface area contributed by atoms with Gasteiger partial charge in [0.1, 0.15) is 17.5 Å². The highest BCUT2D eigenvalue weighted by Gasteiger charge is 2.28. The largest absolute Gasteiger partial charge is 0.383 e. The number of rotatable bonds is 2. The Morgan fingerprint density at radius 2 is 1.82 bits per heavy atom. The standard InChI is InChI=1S/C13H20N4/c1-9-11(14)15-12(10-5-6-10)16-13(9)17-7-3-2-4-8-17/h10H,2-8H2,1H3,(H2,14,15,16). The molecule has 1 saturated heterocycles. The Labute approximate surface area is 102 Å². The molecule has 1 aromatic rings. The normalized spacial score (nSPS) is 20.6. The molecule has 4 heteroatoms. The molecular formula is C13H20N4. The number of anilines is 2. The number of hydrogen-bond acceptors (Lipinski definition) is 4. The van der Waals surface area contributed by atoms with Gasteiger partial charge in [-0.1, -0.05) is 0 Å². The lowest BCUT2D eigenvalue weighted by atomic mass is 10.1. The van der Waals surface area contributed by atoms with Crippen molar-refractivity contribution in [3.8, 4) is 0 Å². The van der Waals surface area contributed by atoms with Gasteiger partial charge < -0.3 is 10.6 Å². The SMILES string of the molecule is Cc1c(N)nc(C2CC2)nc1N1CCCCC1. The minimum absolute atomic E-state index is 0.571. The van der Waals surface area contributed by atoms with Crippen LogP contribution in [0.3, 0.4) is 0 Å². The average molecular weight is 232 g/mol. The Morgan fingerprint density at radius 3 is 2.47 bits per heavy atom. The van der Waals surface area contributed by atoms with Crippen LogP contribution in [0.25, 0.3) is 0 Å². The highest BCUT2D eigenvalue weighted by molar-refractivity contribution is 5.57. The molecule has 0 spiro atoms. The van der Waals surface area contributed by atoms with Gasteiger partial charge in [-0.25, -0.2) is 9.97 Å². The first-order valence-corrected chi connectivity index (χ1v) is 6.64. The highest BCUT2D eigenvalue weighted by Crippen LogP contribution is 2.39. The van der Waals surface area contributed by atoms with Gasteiger partial charge >= 0.3 is 0 Å². The van der Waals surface area contributed by atoms with E-state index in [4.69, 9.17) is 10.7 Å². The van der Waals surface area contributed by atoms with Crippen molar-refractivity contribution in [2.45, 2.75) is 44.9 Å². The van der Waals surface area contributed by atoms with E-state index in [9.17, 15) is 0 Å². The quantitative estimate of drug-likeness (QED) is 0.849. The first kappa shape index (κ1) is 10.8. The molecule has 2 fully saturated rings. The van der Waals surface area contributed by atoms with Gasteiger partial charge in [-0.15, -0.1) is 0 Å². The molecule has 0 unspecified atom stereocenters. The summed E-state index contributed by atoms with van der Waals surface area (Å²) >= 11 is 0. The molecule has 0 radical (unpaired) electrons. The zero-order chi connectivity index (χ0) is 11.8. The van der Waals surface area contributed by atoms with Crippen molar-refractivity contribution in [2.75, 3.05) is 23.7 Å². The topological polar surface area (TPSA) is 55.0 Å². The zero-order valence-electron chi connectivity index (χ0n) is 10.4. The fourth-order valence-electron chi connectivity index (χ4n) is 2.48. The van der Waals surface area contributed by atoms with E-state index in [0.717, 1.165) is 30.3 Å². The first-order chi connectivity index (χ1) is 8.25. The number of hydrogen-bond donors (Lipinski definition) is 1. The third kappa shape index (κ3) is 2.08. The summed E-state index contributed by atoms with van der Waals surface area (Å²) in [7, 11) is 0. The molecule has 1 aromatic heterocycles. The summed E-state index contributed by atoms with van der Waals surface area (Å²) in [5.41, 5.74) is 7.07. The maximum absolute atomic E-state index is 6.02. The summed E-state index contributed by atoms with van der Waals surface area (Å²) in [6.07, 6.45) is 6.32. The monoisotopic (exact) mass is 232 g/mol. The van der Waals surface area contributed by atoms with Crippen LogP contribution >= 0.6 is 0 Å². The predicted octanol–water partition coefficient (Wildman–Crippen LogP) is 2.23. The van der Waals surface area contributed by atoms with Crippen LogP contribution in [0.2, 0.25) is 0 Å². The number of nitrogens with zero attached hydrogens (tertiary/aromatic N) is 3. The summed E-state index contributed by atoms with van der Waals surface area (Å²) in [4.78, 5) is 11.6. The van der Waals surface area contributed by atoms with Crippen molar-refractivity contribution in [1.82, 2.24) is 9.97 Å². The van der Waals surface area contributed by atoms with Gasteiger partial charge in [0.25, 0.3) is 0 Å². The van der Waals surface area contributed by atoms with E-state index in [0.29, 0.717) is 11.7 Å². The van der Waals surface area contributed by atoms with Crippen LogP contribution in [0.1, 0.15) is 49.4 Å². The van der Waals surface area contributed by atoms with Crippen LogP contribution in [0, 0.1) is 6.92 Å². The third-order valence-corrected chi connectivity index (χ3v) is 3.77. The van der Waals surface area contributed by atoms with Gasteiger partial charge in [0.2, 0.25) is 0 Å². The van der Waals surface area contributed by atoms with Crippen LogP contribution < -0.4 is 10.6 Å². The number of nitrogen functional groups attached to an aromatic ring is 1. The second-order valence-electron chi connectivity index (χ2n) is 5.24. The van der Waals surface area contributed by atoms with E-state index in [1.165, 1.54) is 32.1 Å². The van der Waals surface area contributed by atoms with Crippen LogP contribution in [-0.4, -0.2) is 23.1 Å². The fraction of sp³-hybridized carbons (Fsp3) is 0.692. The molecule has 1 aliphatic heterocycles. The van der Waals surface area contributed by atoms with Crippen molar-refractivity contribution >= 4 is 11.6 Å². The van der Waals surface area contributed by atoms with Gasteiger partial charge in [-0.05, 0) is 39.0 Å². The third-order valence-electron chi connectivity index (χ3n) is 3.77. The zero-order valence-corrected chi connectivity index (χ0v) is 10.4. The van der Waals surface area contributed by atoms with E-state index >= 15 is 0 Å². The predicted molar refractivity (Wildman–Crippen MR) is 69.2 cm³/mol. The van der Waals surface area contributed by atoms with Crippen LogP contribution in [0.4, 0.5) is 11.6 Å². The van der Waals surface area contributed by atoms with Gasteiger partial charge in [0.05, 0.1) is 0 Å². The molecule has 0 amide bonds. The van der Waals surface area contributed by atoms with Crippen molar-refractivity contribution in [1.29, 1.82) is 0 Å². The molecule has 2 aliphatic rings. The van der Waals surface area contributed by atoms with Crippen LogP contribution in [0.15, 0.2) is 0 Å². The number of aromatic nitrogens is 2. The first-order valence-electron chi connectivity index (χ1n) is 6.64. The minimum atomic E-state index is 0.571. The van der Waals surface area contributed by atoms with Gasteiger partial charge in [-0.2, -0.15) is 0 Å². The lowest BCUT2D eigenvalue weighted by Crippen LogP contribution is -2.31. The van der Waals surface area contributed by atoms with Crippen LogP contribution in [0.5, 0.6) is 0 Å². The summed E-state index contributed by atoms with van der Waals surface area (Å²) in [6, 6.07) is 0. The molecule has 1 aliphatic carbocycles. The molecule has 0 atom stereocenters. The summed E-state index contributed by atoms with van der Waals surface area (Å²) in [6.45, 7) is 4.26. The smallest absolute Gasteiger partial charge is 0.137 e. The Hall–Kier alpha value is -1.32. The maximum Gasteiger partial charge on any atom is 0.137 e. The minimum Gasteiger partial charge on any atom is -0.383 e. The molecule has 3 rings (SSSR count). The Bertz CT molecular complexity index is 420. The lowest BCUT2D eigenvalue weighted by molar-refractivity contribution is 0.571. The van der Waals surface area contributed by atoms with E-state index in [2.05, 4.69) is 9.88 Å². The van der Waals surface area contributed by atoms with Crippen molar-refractivity contribution in [2.24, 2.45) is 0 Å². The molecule has 2 heterocycles. The Balaban J connectivity index is 1.95. The van der Waals surface area contributed by atoms with Crippen molar-refractivity contribution in [3.63, 3.8) is 0 Å². The summed E-state index contributed by atoms with van der Waals surface area (Å²) < 4.78 is 0. The van der Waals surface area contributed by atoms with Crippen LogP contribution in [-0.2, 0) is 0 Å². The summed E-state index contributed by atoms with van der Waals surface area (Å²) in [5.74, 6) is 3.29. The number of piperidine rings is 1. The van der Waals surface area contributed by atoms with E-state index in [-0.39, 0.29) is 0 Å². The van der Waals surface area contributed by atoms with Crippen molar-refractivity contribution in [3.05, 3.63) is 11.4 Å². The van der Waals surface area contributed by atoms with E-state index < -0.39 is 0 Å². The Morgan fingerprint density at radius 1 is 1.12 bits per heavy atom. The molecular weight excluding hydrogens is 212 g/mol. The van der Waals surface area contributed by atoms with E-state index in [1.807, 2.05) is 6.92 Å². The molecule has 2 N–H and O–H groups in total. The molecule has 0 aromatic carbocycles. The average Bonchev–Trinajstić information content (AvgIpc) is 3.18. The van der Waals surface area contributed by atoms with E-state index in [1.54, 1.807) is 0 Å². The van der Waals surface area contributed by atoms with Crippen molar-refractivity contribution < 1.29 is 0 Å². The second kappa shape index (κ2) is 4.17. The second-order valence-corrected chi connectivity index (χ2v) is 5.24. The fourth-order valence-corrected chi connectivity index (χ4v) is 2.48. The van der Waals surface area contributed by atoms with Gasteiger partial charge in [0.15, 0.2) is 0 Å². The van der Waals surface area contributed by atoms with Gasteiger partial charge in [0, 0.05) is 24.6 Å².